The molecule has 1 aromatic carbocycles. The summed E-state index contributed by atoms with van der Waals surface area (Å²) in [5.41, 5.74) is 1.94. The van der Waals surface area contributed by atoms with Crippen molar-refractivity contribution in [3.63, 3.8) is 0 Å². The minimum atomic E-state index is -0.0815. The summed E-state index contributed by atoms with van der Waals surface area (Å²) in [4.78, 5) is 21.0. The van der Waals surface area contributed by atoms with Gasteiger partial charge < -0.3 is 10.3 Å². The van der Waals surface area contributed by atoms with Crippen molar-refractivity contribution < 1.29 is 4.79 Å². The van der Waals surface area contributed by atoms with E-state index in [1.54, 1.807) is 0 Å². The first kappa shape index (κ1) is 14.8. The van der Waals surface area contributed by atoms with E-state index in [0.717, 1.165) is 41.0 Å². The molecule has 2 aromatic heterocycles. The molecule has 0 saturated carbocycles. The van der Waals surface area contributed by atoms with Crippen LogP contribution in [0.4, 0.5) is 0 Å². The van der Waals surface area contributed by atoms with Crippen LogP contribution in [-0.4, -0.2) is 15.9 Å². The zero-order valence-corrected chi connectivity index (χ0v) is 13.3. The SMILES string of the molecule is CCCCC(NC(=O)c1cccs1)c1nc2ccccc2[nH]1. The van der Waals surface area contributed by atoms with Gasteiger partial charge in [0, 0.05) is 0 Å². The Hall–Kier alpha value is -2.14. The van der Waals surface area contributed by atoms with Gasteiger partial charge in [-0.1, -0.05) is 38.0 Å². The third kappa shape index (κ3) is 3.20. The highest BCUT2D eigenvalue weighted by Gasteiger charge is 2.19. The highest BCUT2D eigenvalue weighted by atomic mass is 32.1. The van der Waals surface area contributed by atoms with Crippen molar-refractivity contribution in [3.05, 3.63) is 52.5 Å². The molecule has 3 rings (SSSR count). The smallest absolute Gasteiger partial charge is 0.261 e. The van der Waals surface area contributed by atoms with Crippen LogP contribution in [0.5, 0.6) is 0 Å². The second-order valence-electron chi connectivity index (χ2n) is 5.28. The number of H-pyrrole nitrogens is 1. The maximum Gasteiger partial charge on any atom is 0.261 e. The van der Waals surface area contributed by atoms with Crippen molar-refractivity contribution >= 4 is 28.3 Å². The molecule has 0 aliphatic heterocycles. The van der Waals surface area contributed by atoms with E-state index in [-0.39, 0.29) is 11.9 Å². The third-order valence-electron chi connectivity index (χ3n) is 3.63. The summed E-state index contributed by atoms with van der Waals surface area (Å²) >= 11 is 1.45. The van der Waals surface area contributed by atoms with Crippen LogP contribution in [0.25, 0.3) is 11.0 Å². The number of para-hydroxylation sites is 2. The van der Waals surface area contributed by atoms with E-state index >= 15 is 0 Å². The molecule has 4 nitrogen and oxygen atoms in total. The summed E-state index contributed by atoms with van der Waals surface area (Å²) in [5, 5.41) is 5.02. The van der Waals surface area contributed by atoms with E-state index in [4.69, 9.17) is 0 Å². The Kier molecular flexibility index (Phi) is 4.53. The van der Waals surface area contributed by atoms with Crippen molar-refractivity contribution in [2.45, 2.75) is 32.2 Å². The number of fused-ring (bicyclic) bond motifs is 1. The molecule has 1 atom stereocenters. The topological polar surface area (TPSA) is 57.8 Å². The maximum absolute atomic E-state index is 12.3. The second-order valence-corrected chi connectivity index (χ2v) is 6.23. The van der Waals surface area contributed by atoms with E-state index in [2.05, 4.69) is 22.2 Å². The first-order chi connectivity index (χ1) is 10.8. The van der Waals surface area contributed by atoms with E-state index in [1.807, 2.05) is 41.8 Å². The fourth-order valence-corrected chi connectivity index (χ4v) is 3.09. The molecule has 0 spiro atoms. The van der Waals surface area contributed by atoms with Gasteiger partial charge in [-0.15, -0.1) is 11.3 Å². The van der Waals surface area contributed by atoms with E-state index < -0.39 is 0 Å². The van der Waals surface area contributed by atoms with Crippen LogP contribution < -0.4 is 5.32 Å². The van der Waals surface area contributed by atoms with Gasteiger partial charge in [0.2, 0.25) is 0 Å². The molecule has 0 radical (unpaired) electrons. The molecule has 1 amide bonds. The van der Waals surface area contributed by atoms with Gasteiger partial charge in [0.05, 0.1) is 22.0 Å². The normalized spacial score (nSPS) is 12.4. The Morgan fingerprint density at radius 3 is 2.91 bits per heavy atom. The van der Waals surface area contributed by atoms with Crippen molar-refractivity contribution in [2.24, 2.45) is 0 Å². The minimum Gasteiger partial charge on any atom is -0.341 e. The summed E-state index contributed by atoms with van der Waals surface area (Å²) in [7, 11) is 0. The maximum atomic E-state index is 12.3. The van der Waals surface area contributed by atoms with Crippen molar-refractivity contribution in [1.82, 2.24) is 15.3 Å². The fraction of sp³-hybridized carbons (Fsp3) is 0.294. The highest BCUT2D eigenvalue weighted by Crippen LogP contribution is 2.21. The highest BCUT2D eigenvalue weighted by molar-refractivity contribution is 7.12. The van der Waals surface area contributed by atoms with Gasteiger partial charge in [0.15, 0.2) is 0 Å². The number of nitrogens with zero attached hydrogens (tertiary/aromatic N) is 1. The number of thiophene rings is 1. The van der Waals surface area contributed by atoms with Crippen LogP contribution in [0.1, 0.15) is 47.7 Å². The lowest BCUT2D eigenvalue weighted by molar-refractivity contribution is 0.0936. The van der Waals surface area contributed by atoms with Crippen molar-refractivity contribution in [3.8, 4) is 0 Å². The third-order valence-corrected chi connectivity index (χ3v) is 4.50. The van der Waals surface area contributed by atoms with Crippen LogP contribution >= 0.6 is 11.3 Å². The van der Waals surface area contributed by atoms with Crippen molar-refractivity contribution in [2.75, 3.05) is 0 Å². The van der Waals surface area contributed by atoms with Gasteiger partial charge in [0.25, 0.3) is 5.91 Å². The van der Waals surface area contributed by atoms with Gasteiger partial charge >= 0.3 is 0 Å². The number of aromatic amines is 1. The summed E-state index contributed by atoms with van der Waals surface area (Å²) in [6.07, 6.45) is 3.02. The van der Waals surface area contributed by atoms with Gasteiger partial charge in [-0.2, -0.15) is 0 Å². The summed E-state index contributed by atoms with van der Waals surface area (Å²) in [5.74, 6) is 0.802. The molecule has 1 unspecified atom stereocenters. The van der Waals surface area contributed by atoms with Crippen LogP contribution in [-0.2, 0) is 0 Å². The van der Waals surface area contributed by atoms with Crippen LogP contribution in [0.2, 0.25) is 0 Å². The molecule has 22 heavy (non-hydrogen) atoms. The predicted molar refractivity (Wildman–Crippen MR) is 90.1 cm³/mol. The minimum absolute atomic E-state index is 0.0310. The zero-order valence-electron chi connectivity index (χ0n) is 12.5. The van der Waals surface area contributed by atoms with E-state index in [0.29, 0.717) is 0 Å². The number of carbonyl (C=O) groups is 1. The zero-order chi connectivity index (χ0) is 15.4. The number of nitrogens with one attached hydrogen (secondary N) is 2. The summed E-state index contributed by atoms with van der Waals surface area (Å²) in [6.45, 7) is 2.15. The molecule has 114 valence electrons. The Labute approximate surface area is 133 Å². The number of hydrogen-bond donors (Lipinski definition) is 2. The standard InChI is InChI=1S/C17H19N3OS/c1-2-3-7-14(20-17(21)15-10-6-11-22-15)16-18-12-8-4-5-9-13(12)19-16/h4-6,8-11,14H,2-3,7H2,1H3,(H,18,19)(H,20,21). The Bertz CT molecular complexity index is 715. The molecule has 0 saturated heterocycles. The van der Waals surface area contributed by atoms with Crippen LogP contribution in [0.15, 0.2) is 41.8 Å². The number of carbonyl (C=O) groups excluding carboxylic acids is 1. The molecule has 2 heterocycles. The second kappa shape index (κ2) is 6.75. The average molecular weight is 313 g/mol. The summed E-state index contributed by atoms with van der Waals surface area (Å²) in [6, 6.07) is 11.6. The van der Waals surface area contributed by atoms with Crippen molar-refractivity contribution in [1.29, 1.82) is 0 Å². The molecule has 2 N–H and O–H groups in total. The lowest BCUT2D eigenvalue weighted by atomic mass is 10.1. The van der Waals surface area contributed by atoms with Gasteiger partial charge in [-0.05, 0) is 30.0 Å². The number of unbranched alkanes of at least 4 members (excludes halogenated alkanes) is 1. The number of benzene rings is 1. The number of rotatable bonds is 6. The summed E-state index contributed by atoms with van der Waals surface area (Å²) < 4.78 is 0. The molecule has 3 aromatic rings. The molecule has 5 heteroatoms. The monoisotopic (exact) mass is 313 g/mol. The molecule has 0 fully saturated rings. The number of amides is 1. The Morgan fingerprint density at radius 1 is 1.32 bits per heavy atom. The lowest BCUT2D eigenvalue weighted by Gasteiger charge is -2.15. The van der Waals surface area contributed by atoms with Crippen LogP contribution in [0.3, 0.4) is 0 Å². The average Bonchev–Trinajstić information content (AvgIpc) is 3.19. The van der Waals surface area contributed by atoms with E-state index in [1.165, 1.54) is 11.3 Å². The number of hydrogen-bond acceptors (Lipinski definition) is 3. The number of aromatic nitrogens is 2. The van der Waals surface area contributed by atoms with E-state index in [9.17, 15) is 4.79 Å². The molecule has 0 bridgehead atoms. The first-order valence-electron chi connectivity index (χ1n) is 7.57. The fourth-order valence-electron chi connectivity index (χ4n) is 2.46. The van der Waals surface area contributed by atoms with Gasteiger partial charge in [0.1, 0.15) is 5.82 Å². The molecule has 0 aliphatic rings. The lowest BCUT2D eigenvalue weighted by Crippen LogP contribution is -2.28. The molecular weight excluding hydrogens is 294 g/mol. The van der Waals surface area contributed by atoms with Gasteiger partial charge in [-0.3, -0.25) is 4.79 Å². The first-order valence-corrected chi connectivity index (χ1v) is 8.45. The van der Waals surface area contributed by atoms with Gasteiger partial charge in [-0.25, -0.2) is 4.98 Å². The number of imidazole rings is 1. The Morgan fingerprint density at radius 2 is 2.18 bits per heavy atom. The molecular formula is C17H19N3OS. The predicted octanol–water partition coefficient (Wildman–Crippen LogP) is 4.29. The molecule has 0 aliphatic carbocycles. The van der Waals surface area contributed by atoms with Crippen LogP contribution in [0, 0.1) is 0 Å². The largest absolute Gasteiger partial charge is 0.341 e. The Balaban J connectivity index is 1.83. The quantitative estimate of drug-likeness (QED) is 0.713.